The standard InChI is InChI=1S/C29H32N6O6S/c1-41-26-16-11-19(17-25(26)36)28(29(38)31-20-7-3-2-4-8-20)35(21-12-14-22(15-13-21)42(30,39)40)27(37)18-34-24-10-6-5-9-23(24)32-33-34/h5-6,9-17,20,28,36H,2-4,7-8,18H2,1H3,(H,31,38)(H2,30,39,40)/t28-/m1/s1. The first-order chi connectivity index (χ1) is 20.2. The van der Waals surface area contributed by atoms with Crippen LogP contribution in [0.3, 0.4) is 0 Å². The third-order valence-corrected chi connectivity index (χ3v) is 8.32. The van der Waals surface area contributed by atoms with E-state index >= 15 is 0 Å². The maximum atomic E-state index is 14.2. The minimum Gasteiger partial charge on any atom is -0.504 e. The molecule has 1 heterocycles. The molecule has 0 saturated heterocycles. The number of rotatable bonds is 9. The Bertz CT molecular complexity index is 1700. The van der Waals surface area contributed by atoms with Crippen LogP contribution in [0.2, 0.25) is 0 Å². The summed E-state index contributed by atoms with van der Waals surface area (Å²) in [4.78, 5) is 29.4. The lowest BCUT2D eigenvalue weighted by molar-refractivity contribution is -0.127. The number of nitrogens with one attached hydrogen (secondary N) is 1. The molecule has 1 aliphatic rings. The van der Waals surface area contributed by atoms with Gasteiger partial charge in [0.1, 0.15) is 18.1 Å². The Balaban J connectivity index is 1.61. The topological polar surface area (TPSA) is 170 Å². The second-order valence-corrected chi connectivity index (χ2v) is 11.8. The van der Waals surface area contributed by atoms with E-state index in [0.717, 1.165) is 32.1 Å². The first-order valence-corrected chi connectivity index (χ1v) is 15.1. The van der Waals surface area contributed by atoms with Gasteiger partial charge in [-0.2, -0.15) is 0 Å². The summed E-state index contributed by atoms with van der Waals surface area (Å²) in [7, 11) is -2.59. The zero-order valence-corrected chi connectivity index (χ0v) is 23.8. The first-order valence-electron chi connectivity index (χ1n) is 13.6. The number of phenols is 1. The number of hydrogen-bond donors (Lipinski definition) is 3. The number of nitrogens with zero attached hydrogens (tertiary/aromatic N) is 4. The van der Waals surface area contributed by atoms with Gasteiger partial charge in [0.05, 0.1) is 17.5 Å². The smallest absolute Gasteiger partial charge is 0.249 e. The average molecular weight is 593 g/mol. The molecule has 0 aliphatic heterocycles. The summed E-state index contributed by atoms with van der Waals surface area (Å²) in [5.41, 5.74) is 1.80. The van der Waals surface area contributed by atoms with Crippen LogP contribution in [-0.2, 0) is 26.2 Å². The van der Waals surface area contributed by atoms with Crippen LogP contribution in [0.5, 0.6) is 11.5 Å². The van der Waals surface area contributed by atoms with Gasteiger partial charge in [0.2, 0.25) is 21.8 Å². The molecule has 2 amide bonds. The second kappa shape index (κ2) is 12.2. The molecule has 1 atom stereocenters. The molecule has 13 heteroatoms. The summed E-state index contributed by atoms with van der Waals surface area (Å²) >= 11 is 0. The van der Waals surface area contributed by atoms with Gasteiger partial charge in [0.15, 0.2) is 11.5 Å². The van der Waals surface area contributed by atoms with Crippen molar-refractivity contribution in [2.45, 2.75) is 55.6 Å². The number of primary sulfonamides is 1. The summed E-state index contributed by atoms with van der Waals surface area (Å²) in [5, 5.41) is 27.3. The molecule has 0 bridgehead atoms. The molecule has 4 N–H and O–H groups in total. The highest BCUT2D eigenvalue weighted by atomic mass is 32.2. The molecule has 220 valence electrons. The van der Waals surface area contributed by atoms with Crippen molar-refractivity contribution in [3.8, 4) is 11.5 Å². The van der Waals surface area contributed by atoms with Crippen molar-refractivity contribution in [2.24, 2.45) is 5.14 Å². The Hall–Kier alpha value is -4.49. The average Bonchev–Trinajstić information content (AvgIpc) is 3.38. The summed E-state index contributed by atoms with van der Waals surface area (Å²) in [6.45, 7) is -0.271. The van der Waals surface area contributed by atoms with Crippen LogP contribution in [0.4, 0.5) is 5.69 Å². The molecule has 1 fully saturated rings. The van der Waals surface area contributed by atoms with Gasteiger partial charge >= 0.3 is 0 Å². The van der Waals surface area contributed by atoms with Crippen molar-refractivity contribution < 1.29 is 27.9 Å². The molecule has 4 aromatic rings. The van der Waals surface area contributed by atoms with Crippen LogP contribution in [0.15, 0.2) is 71.6 Å². The van der Waals surface area contributed by atoms with Gasteiger partial charge in [0.25, 0.3) is 0 Å². The quantitative estimate of drug-likeness (QED) is 0.266. The number of anilines is 1. The SMILES string of the molecule is COc1ccc([C@H](C(=O)NC2CCCCC2)N(C(=O)Cn2nnc3ccccc32)c2ccc(S(N)(=O)=O)cc2)cc1O. The van der Waals surface area contributed by atoms with Crippen LogP contribution in [0, 0.1) is 0 Å². The number of sulfonamides is 1. The molecule has 3 aromatic carbocycles. The molecule has 5 rings (SSSR count). The predicted octanol–water partition coefficient (Wildman–Crippen LogP) is 3.02. The van der Waals surface area contributed by atoms with Crippen molar-refractivity contribution >= 4 is 38.6 Å². The summed E-state index contributed by atoms with van der Waals surface area (Å²) < 4.78 is 30.5. The first kappa shape index (κ1) is 29.0. The van der Waals surface area contributed by atoms with Gasteiger partial charge in [-0.25, -0.2) is 18.2 Å². The van der Waals surface area contributed by atoms with Gasteiger partial charge in [-0.15, -0.1) is 5.10 Å². The highest BCUT2D eigenvalue weighted by Crippen LogP contribution is 2.35. The number of ether oxygens (including phenoxy) is 1. The lowest BCUT2D eigenvalue weighted by Crippen LogP contribution is -2.48. The normalized spacial score (nSPS) is 14.8. The van der Waals surface area contributed by atoms with Gasteiger partial charge in [-0.3, -0.25) is 14.5 Å². The van der Waals surface area contributed by atoms with E-state index in [9.17, 15) is 23.1 Å². The fourth-order valence-corrected chi connectivity index (χ4v) is 5.81. The lowest BCUT2D eigenvalue weighted by Gasteiger charge is -2.33. The molecular formula is C29H32N6O6S. The van der Waals surface area contributed by atoms with Crippen LogP contribution in [0.1, 0.15) is 43.7 Å². The van der Waals surface area contributed by atoms with Crippen molar-refractivity contribution in [2.75, 3.05) is 12.0 Å². The Labute approximate surface area is 243 Å². The Morgan fingerprint density at radius 3 is 2.48 bits per heavy atom. The van der Waals surface area contributed by atoms with Crippen molar-refractivity contribution in [3.63, 3.8) is 0 Å². The van der Waals surface area contributed by atoms with Gasteiger partial charge in [-0.1, -0.05) is 42.7 Å². The number of fused-ring (bicyclic) bond motifs is 1. The number of hydrogen-bond acceptors (Lipinski definition) is 8. The number of carbonyl (C=O) groups is 2. The monoisotopic (exact) mass is 592 g/mol. The van der Waals surface area contributed by atoms with Crippen molar-refractivity contribution in [1.82, 2.24) is 20.3 Å². The molecule has 0 spiro atoms. The van der Waals surface area contributed by atoms with Crippen LogP contribution >= 0.6 is 0 Å². The van der Waals surface area contributed by atoms with E-state index < -0.39 is 27.9 Å². The number of amides is 2. The van der Waals surface area contributed by atoms with E-state index in [0.29, 0.717) is 16.6 Å². The number of methoxy groups -OCH3 is 1. The summed E-state index contributed by atoms with van der Waals surface area (Å²) in [5.74, 6) is -0.966. The second-order valence-electron chi connectivity index (χ2n) is 10.2. The number of para-hydroxylation sites is 1. The maximum Gasteiger partial charge on any atom is 0.249 e. The largest absolute Gasteiger partial charge is 0.504 e. The minimum absolute atomic E-state index is 0.0680. The number of aromatic hydroxyl groups is 1. The van der Waals surface area contributed by atoms with Crippen molar-refractivity contribution in [1.29, 1.82) is 0 Å². The third kappa shape index (κ3) is 6.21. The Morgan fingerprint density at radius 1 is 1.10 bits per heavy atom. The zero-order valence-electron chi connectivity index (χ0n) is 23.0. The fraction of sp³-hybridized carbons (Fsp3) is 0.310. The minimum atomic E-state index is -4.00. The van der Waals surface area contributed by atoms with Gasteiger partial charge in [-0.05, 0) is 66.9 Å². The highest BCUT2D eigenvalue weighted by molar-refractivity contribution is 7.89. The van der Waals surface area contributed by atoms with Crippen LogP contribution in [-0.4, -0.2) is 53.5 Å². The van der Waals surface area contributed by atoms with Gasteiger partial charge in [0, 0.05) is 11.7 Å². The molecule has 42 heavy (non-hydrogen) atoms. The molecule has 1 aromatic heterocycles. The number of benzene rings is 3. The predicted molar refractivity (Wildman–Crippen MR) is 155 cm³/mol. The van der Waals surface area contributed by atoms with Crippen LogP contribution < -0.4 is 20.1 Å². The van der Waals surface area contributed by atoms with E-state index in [1.165, 1.54) is 53.1 Å². The Morgan fingerprint density at radius 2 is 1.81 bits per heavy atom. The van der Waals surface area contributed by atoms with E-state index in [1.54, 1.807) is 24.3 Å². The number of aromatic nitrogens is 3. The number of phenolic OH excluding ortho intramolecular Hbond substituents is 1. The maximum absolute atomic E-state index is 14.2. The molecule has 0 radical (unpaired) electrons. The summed E-state index contributed by atoms with van der Waals surface area (Å²) in [6, 6.07) is 15.8. The lowest BCUT2D eigenvalue weighted by atomic mass is 9.94. The van der Waals surface area contributed by atoms with E-state index in [2.05, 4.69) is 15.6 Å². The van der Waals surface area contributed by atoms with Crippen molar-refractivity contribution in [3.05, 3.63) is 72.3 Å². The summed E-state index contributed by atoms with van der Waals surface area (Å²) in [6.07, 6.45) is 4.68. The van der Waals surface area contributed by atoms with Gasteiger partial charge < -0.3 is 15.2 Å². The fourth-order valence-electron chi connectivity index (χ4n) is 5.29. The van der Waals surface area contributed by atoms with E-state index in [4.69, 9.17) is 9.88 Å². The molecule has 12 nitrogen and oxygen atoms in total. The molecule has 0 unspecified atom stereocenters. The zero-order chi connectivity index (χ0) is 29.9. The highest BCUT2D eigenvalue weighted by Gasteiger charge is 2.35. The van der Waals surface area contributed by atoms with E-state index in [-0.39, 0.29) is 34.7 Å². The molecule has 1 saturated carbocycles. The Kier molecular flexibility index (Phi) is 8.41. The third-order valence-electron chi connectivity index (χ3n) is 7.39. The van der Waals surface area contributed by atoms with Crippen LogP contribution in [0.25, 0.3) is 11.0 Å². The molecular weight excluding hydrogens is 560 g/mol. The van der Waals surface area contributed by atoms with E-state index in [1.807, 2.05) is 6.07 Å². The number of nitrogens with two attached hydrogens (primary N) is 1. The molecule has 1 aliphatic carbocycles. The number of carbonyl (C=O) groups excluding carboxylic acids is 2.